The third-order valence-electron chi connectivity index (χ3n) is 2.27. The van der Waals surface area contributed by atoms with Gasteiger partial charge in [0.1, 0.15) is 12.4 Å². The lowest BCUT2D eigenvalue weighted by molar-refractivity contribution is -0.118. The highest BCUT2D eigenvalue weighted by atomic mass is 16.5. The molecule has 0 saturated carbocycles. The molecule has 0 bridgehead atoms. The molecule has 0 aromatic heterocycles. The molecule has 4 nitrogen and oxygen atoms in total. The summed E-state index contributed by atoms with van der Waals surface area (Å²) in [6, 6.07) is 7.43. The van der Waals surface area contributed by atoms with Crippen LogP contribution in [0.1, 0.15) is 13.3 Å². The van der Waals surface area contributed by atoms with Crippen LogP contribution < -0.4 is 15.4 Å². The molecular weight excluding hydrogens is 204 g/mol. The Morgan fingerprint density at radius 2 is 2.25 bits per heavy atom. The van der Waals surface area contributed by atoms with E-state index in [1.807, 2.05) is 31.2 Å². The molecule has 0 saturated heterocycles. The number of carbonyl (C=O) groups excluding carboxylic acids is 1. The Kier molecular flexibility index (Phi) is 4.79. The molecule has 0 aliphatic heterocycles. The fraction of sp³-hybridized carbons (Fsp3) is 0.417. The van der Waals surface area contributed by atoms with Gasteiger partial charge in [-0.1, -0.05) is 13.0 Å². The van der Waals surface area contributed by atoms with E-state index >= 15 is 0 Å². The van der Waals surface area contributed by atoms with Gasteiger partial charge in [-0.15, -0.1) is 0 Å². The van der Waals surface area contributed by atoms with Gasteiger partial charge in [-0.3, -0.25) is 4.79 Å². The van der Waals surface area contributed by atoms with Crippen molar-refractivity contribution in [2.24, 2.45) is 5.73 Å². The second-order valence-electron chi connectivity index (χ2n) is 3.44. The Morgan fingerprint density at radius 3 is 2.88 bits per heavy atom. The van der Waals surface area contributed by atoms with Crippen LogP contribution in [-0.4, -0.2) is 26.1 Å². The number of amides is 1. The molecule has 0 radical (unpaired) electrons. The molecule has 1 amide bonds. The van der Waals surface area contributed by atoms with Gasteiger partial charge >= 0.3 is 0 Å². The van der Waals surface area contributed by atoms with Crippen molar-refractivity contribution in [3.05, 3.63) is 24.3 Å². The van der Waals surface area contributed by atoms with Crippen molar-refractivity contribution in [2.75, 3.05) is 25.1 Å². The molecule has 0 fully saturated rings. The van der Waals surface area contributed by atoms with Crippen molar-refractivity contribution < 1.29 is 9.53 Å². The Hall–Kier alpha value is -1.55. The van der Waals surface area contributed by atoms with Gasteiger partial charge in [0.25, 0.3) is 0 Å². The van der Waals surface area contributed by atoms with Crippen LogP contribution in [0.15, 0.2) is 24.3 Å². The predicted octanol–water partition coefficient (Wildman–Crippen LogP) is 1.40. The number of carbonyl (C=O) groups is 1. The van der Waals surface area contributed by atoms with E-state index in [4.69, 9.17) is 10.5 Å². The van der Waals surface area contributed by atoms with Gasteiger partial charge in [-0.2, -0.15) is 0 Å². The van der Waals surface area contributed by atoms with E-state index in [1.54, 1.807) is 11.9 Å². The number of ether oxygens (including phenoxy) is 1. The van der Waals surface area contributed by atoms with Crippen molar-refractivity contribution in [2.45, 2.75) is 13.3 Å². The molecule has 0 unspecified atom stereocenters. The zero-order chi connectivity index (χ0) is 12.0. The number of hydrogen-bond donors (Lipinski definition) is 1. The number of nitrogens with two attached hydrogens (primary N) is 1. The first-order chi connectivity index (χ1) is 7.69. The first kappa shape index (κ1) is 12.5. The summed E-state index contributed by atoms with van der Waals surface area (Å²) in [4.78, 5) is 13.1. The summed E-state index contributed by atoms with van der Waals surface area (Å²) in [5, 5.41) is 0. The topological polar surface area (TPSA) is 55.6 Å². The van der Waals surface area contributed by atoms with E-state index in [0.29, 0.717) is 19.6 Å². The minimum absolute atomic E-state index is 0.0796. The third-order valence-corrected chi connectivity index (χ3v) is 2.27. The average molecular weight is 222 g/mol. The lowest BCUT2D eigenvalue weighted by Gasteiger charge is -2.17. The van der Waals surface area contributed by atoms with Gasteiger partial charge in [-0.05, 0) is 12.1 Å². The maximum Gasteiger partial charge on any atom is 0.226 e. The van der Waals surface area contributed by atoms with Crippen LogP contribution >= 0.6 is 0 Å². The molecule has 0 aliphatic carbocycles. The van der Waals surface area contributed by atoms with Gasteiger partial charge in [-0.25, -0.2) is 0 Å². The molecule has 2 N–H and O–H groups in total. The fourth-order valence-electron chi connectivity index (χ4n) is 1.34. The average Bonchev–Trinajstić information content (AvgIpc) is 2.34. The quantitative estimate of drug-likeness (QED) is 0.819. The van der Waals surface area contributed by atoms with Crippen LogP contribution in [0.3, 0.4) is 0 Å². The molecule has 1 rings (SSSR count). The minimum Gasteiger partial charge on any atom is -0.492 e. The van der Waals surface area contributed by atoms with Gasteiger partial charge in [0, 0.05) is 31.8 Å². The highest BCUT2D eigenvalue weighted by molar-refractivity contribution is 5.92. The van der Waals surface area contributed by atoms with Gasteiger partial charge < -0.3 is 15.4 Å². The summed E-state index contributed by atoms with van der Waals surface area (Å²) >= 11 is 0. The van der Waals surface area contributed by atoms with Crippen molar-refractivity contribution in [1.82, 2.24) is 0 Å². The molecule has 0 heterocycles. The van der Waals surface area contributed by atoms with Crippen LogP contribution in [0.4, 0.5) is 5.69 Å². The standard InChI is InChI=1S/C12H18N2O2/c1-3-12(15)14(2)10-5-4-6-11(9-10)16-8-7-13/h4-6,9H,3,7-8,13H2,1-2H3. The molecule has 0 atom stereocenters. The number of hydrogen-bond acceptors (Lipinski definition) is 3. The van der Waals surface area contributed by atoms with E-state index < -0.39 is 0 Å². The first-order valence-corrected chi connectivity index (χ1v) is 5.38. The summed E-state index contributed by atoms with van der Waals surface area (Å²) in [6.45, 7) is 2.80. The van der Waals surface area contributed by atoms with Crippen LogP contribution in [-0.2, 0) is 4.79 Å². The second-order valence-corrected chi connectivity index (χ2v) is 3.44. The number of benzene rings is 1. The smallest absolute Gasteiger partial charge is 0.226 e. The van der Waals surface area contributed by atoms with Crippen LogP contribution in [0, 0.1) is 0 Å². The van der Waals surface area contributed by atoms with Crippen molar-refractivity contribution >= 4 is 11.6 Å². The Morgan fingerprint density at radius 1 is 1.50 bits per heavy atom. The van der Waals surface area contributed by atoms with E-state index in [0.717, 1.165) is 11.4 Å². The van der Waals surface area contributed by atoms with E-state index in [-0.39, 0.29) is 5.91 Å². The van der Waals surface area contributed by atoms with Gasteiger partial charge in [0.15, 0.2) is 0 Å². The van der Waals surface area contributed by atoms with Gasteiger partial charge in [0.2, 0.25) is 5.91 Å². The lowest BCUT2D eigenvalue weighted by Crippen LogP contribution is -2.25. The normalized spacial score (nSPS) is 9.94. The first-order valence-electron chi connectivity index (χ1n) is 5.38. The SMILES string of the molecule is CCC(=O)N(C)c1cccc(OCCN)c1. The molecule has 16 heavy (non-hydrogen) atoms. The molecular formula is C12H18N2O2. The molecule has 0 spiro atoms. The van der Waals surface area contributed by atoms with Crippen LogP contribution in [0.5, 0.6) is 5.75 Å². The summed E-state index contributed by atoms with van der Waals surface area (Å²) in [7, 11) is 1.76. The summed E-state index contributed by atoms with van der Waals surface area (Å²) in [5.41, 5.74) is 6.19. The number of rotatable bonds is 5. The molecule has 0 aliphatic rings. The van der Waals surface area contributed by atoms with Crippen LogP contribution in [0.2, 0.25) is 0 Å². The van der Waals surface area contributed by atoms with E-state index in [2.05, 4.69) is 0 Å². The minimum atomic E-state index is 0.0796. The Labute approximate surface area is 96.0 Å². The Bertz CT molecular complexity index is 353. The summed E-state index contributed by atoms with van der Waals surface area (Å²) in [6.07, 6.45) is 0.490. The zero-order valence-electron chi connectivity index (χ0n) is 9.77. The van der Waals surface area contributed by atoms with Crippen molar-refractivity contribution in [3.8, 4) is 5.75 Å². The lowest BCUT2D eigenvalue weighted by atomic mass is 10.2. The van der Waals surface area contributed by atoms with E-state index in [1.165, 1.54) is 0 Å². The van der Waals surface area contributed by atoms with E-state index in [9.17, 15) is 4.79 Å². The largest absolute Gasteiger partial charge is 0.492 e. The highest BCUT2D eigenvalue weighted by Crippen LogP contribution is 2.20. The fourth-order valence-corrected chi connectivity index (χ4v) is 1.34. The summed E-state index contributed by atoms with van der Waals surface area (Å²) < 4.78 is 5.40. The maximum absolute atomic E-state index is 11.5. The zero-order valence-corrected chi connectivity index (χ0v) is 9.77. The number of nitrogens with zero attached hydrogens (tertiary/aromatic N) is 1. The maximum atomic E-state index is 11.5. The summed E-state index contributed by atoms with van der Waals surface area (Å²) in [5.74, 6) is 0.815. The predicted molar refractivity (Wildman–Crippen MR) is 64.7 cm³/mol. The van der Waals surface area contributed by atoms with Crippen molar-refractivity contribution in [3.63, 3.8) is 0 Å². The Balaban J connectivity index is 2.77. The molecule has 1 aromatic carbocycles. The van der Waals surface area contributed by atoms with Crippen LogP contribution in [0.25, 0.3) is 0 Å². The van der Waals surface area contributed by atoms with Crippen molar-refractivity contribution in [1.29, 1.82) is 0 Å². The second kappa shape index (κ2) is 6.12. The molecule has 4 heteroatoms. The highest BCUT2D eigenvalue weighted by Gasteiger charge is 2.08. The monoisotopic (exact) mass is 222 g/mol. The molecule has 88 valence electrons. The third kappa shape index (κ3) is 3.24. The number of anilines is 1. The molecule has 1 aromatic rings. The van der Waals surface area contributed by atoms with Gasteiger partial charge in [0.05, 0.1) is 0 Å².